The molecular formula is C15H23N5. The van der Waals surface area contributed by atoms with Gasteiger partial charge in [0.15, 0.2) is 0 Å². The van der Waals surface area contributed by atoms with Crippen molar-refractivity contribution in [2.24, 2.45) is 0 Å². The Morgan fingerprint density at radius 3 is 3.10 bits per heavy atom. The molecule has 3 heterocycles. The highest BCUT2D eigenvalue weighted by atomic mass is 15.3. The first-order valence-corrected chi connectivity index (χ1v) is 7.25. The van der Waals surface area contributed by atoms with Crippen LogP contribution in [0.1, 0.15) is 5.56 Å². The van der Waals surface area contributed by atoms with Crippen molar-refractivity contribution < 1.29 is 0 Å². The maximum atomic E-state index is 4.37. The number of rotatable bonds is 4. The van der Waals surface area contributed by atoms with Gasteiger partial charge in [0.2, 0.25) is 0 Å². The molecule has 0 amide bonds. The quantitative estimate of drug-likeness (QED) is 0.888. The molecule has 0 bridgehead atoms. The van der Waals surface area contributed by atoms with Crippen molar-refractivity contribution >= 4 is 5.52 Å². The van der Waals surface area contributed by atoms with Crippen LogP contribution in [-0.2, 0) is 6.54 Å². The molecule has 108 valence electrons. The lowest BCUT2D eigenvalue weighted by Crippen LogP contribution is -2.53. The minimum Gasteiger partial charge on any atom is -0.311 e. The molecule has 1 atom stereocenters. The van der Waals surface area contributed by atoms with Crippen molar-refractivity contribution in [2.75, 3.05) is 40.3 Å². The number of fused-ring (bicyclic) bond motifs is 1. The van der Waals surface area contributed by atoms with Crippen molar-refractivity contribution in [2.45, 2.75) is 12.6 Å². The van der Waals surface area contributed by atoms with Crippen LogP contribution in [0.5, 0.6) is 0 Å². The van der Waals surface area contributed by atoms with Crippen molar-refractivity contribution in [1.29, 1.82) is 0 Å². The monoisotopic (exact) mass is 273 g/mol. The molecule has 0 saturated carbocycles. The summed E-state index contributed by atoms with van der Waals surface area (Å²) < 4.78 is 1.93. The second-order valence-corrected chi connectivity index (χ2v) is 5.73. The molecule has 5 heteroatoms. The minimum atomic E-state index is 0.593. The number of nitrogens with zero attached hydrogens (tertiary/aromatic N) is 4. The van der Waals surface area contributed by atoms with Crippen molar-refractivity contribution in [1.82, 2.24) is 24.7 Å². The third-order valence-corrected chi connectivity index (χ3v) is 4.18. The molecule has 1 fully saturated rings. The summed E-state index contributed by atoms with van der Waals surface area (Å²) in [6, 6.07) is 6.77. The summed E-state index contributed by atoms with van der Waals surface area (Å²) in [7, 11) is 4.42. The average Bonchev–Trinajstić information content (AvgIpc) is 2.86. The van der Waals surface area contributed by atoms with Gasteiger partial charge in [0, 0.05) is 50.5 Å². The Labute approximate surface area is 120 Å². The molecule has 2 aromatic heterocycles. The van der Waals surface area contributed by atoms with E-state index in [1.807, 2.05) is 23.0 Å². The van der Waals surface area contributed by atoms with Crippen LogP contribution in [0.2, 0.25) is 0 Å². The van der Waals surface area contributed by atoms with E-state index in [2.05, 4.69) is 46.4 Å². The van der Waals surface area contributed by atoms with Gasteiger partial charge in [-0.1, -0.05) is 6.07 Å². The van der Waals surface area contributed by atoms with Gasteiger partial charge in [0.1, 0.15) is 0 Å². The van der Waals surface area contributed by atoms with Gasteiger partial charge >= 0.3 is 0 Å². The van der Waals surface area contributed by atoms with E-state index >= 15 is 0 Å². The third-order valence-electron chi connectivity index (χ3n) is 4.18. The maximum Gasteiger partial charge on any atom is 0.0706 e. The molecule has 0 spiro atoms. The molecular weight excluding hydrogens is 250 g/mol. The second kappa shape index (κ2) is 5.91. The maximum absolute atomic E-state index is 4.37. The van der Waals surface area contributed by atoms with Crippen LogP contribution in [0.4, 0.5) is 0 Å². The Hall–Kier alpha value is -1.43. The number of piperazine rings is 1. The number of nitrogens with one attached hydrogen (secondary N) is 1. The van der Waals surface area contributed by atoms with Crippen LogP contribution in [0, 0.1) is 0 Å². The molecule has 20 heavy (non-hydrogen) atoms. The fourth-order valence-corrected chi connectivity index (χ4v) is 2.82. The Kier molecular flexibility index (Phi) is 4.00. The molecule has 0 radical (unpaired) electrons. The summed E-state index contributed by atoms with van der Waals surface area (Å²) in [5, 5.41) is 7.95. The Morgan fingerprint density at radius 2 is 2.20 bits per heavy atom. The molecule has 1 saturated heterocycles. The molecule has 0 aliphatic carbocycles. The number of hydrogen-bond donors (Lipinski definition) is 1. The number of pyridine rings is 1. The first-order chi connectivity index (χ1) is 9.74. The van der Waals surface area contributed by atoms with Gasteiger partial charge in [0.25, 0.3) is 0 Å². The van der Waals surface area contributed by atoms with Gasteiger partial charge in [-0.25, -0.2) is 4.52 Å². The predicted molar refractivity (Wildman–Crippen MR) is 80.8 cm³/mol. The lowest BCUT2D eigenvalue weighted by molar-refractivity contribution is 0.113. The number of hydrogen-bond acceptors (Lipinski definition) is 4. The molecule has 1 aliphatic rings. The van der Waals surface area contributed by atoms with Crippen LogP contribution < -0.4 is 5.32 Å². The van der Waals surface area contributed by atoms with Crippen molar-refractivity contribution in [3.8, 4) is 0 Å². The zero-order valence-electron chi connectivity index (χ0n) is 12.3. The lowest BCUT2D eigenvalue weighted by Gasteiger charge is -2.37. The van der Waals surface area contributed by atoms with E-state index in [0.717, 1.165) is 26.2 Å². The van der Waals surface area contributed by atoms with Crippen molar-refractivity contribution in [3.05, 3.63) is 36.2 Å². The van der Waals surface area contributed by atoms with E-state index in [1.165, 1.54) is 17.6 Å². The summed E-state index contributed by atoms with van der Waals surface area (Å²) >= 11 is 0. The normalized spacial score (nSPS) is 21.6. The fraction of sp³-hybridized carbons (Fsp3) is 0.533. The van der Waals surface area contributed by atoms with E-state index in [0.29, 0.717) is 6.04 Å². The SMILES string of the molecule is CN1CCN(C)C(CNCc2cnn3ccccc23)C1. The van der Waals surface area contributed by atoms with Gasteiger partial charge in [-0.2, -0.15) is 5.10 Å². The largest absolute Gasteiger partial charge is 0.311 e. The fourth-order valence-electron chi connectivity index (χ4n) is 2.82. The lowest BCUT2D eigenvalue weighted by atomic mass is 10.2. The Morgan fingerprint density at radius 1 is 1.30 bits per heavy atom. The van der Waals surface area contributed by atoms with Gasteiger partial charge in [0.05, 0.1) is 11.7 Å². The molecule has 2 aromatic rings. The van der Waals surface area contributed by atoms with Crippen molar-refractivity contribution in [3.63, 3.8) is 0 Å². The van der Waals surface area contributed by atoms with Gasteiger partial charge in [-0.3, -0.25) is 4.90 Å². The summed E-state index contributed by atoms with van der Waals surface area (Å²) in [6.07, 6.45) is 3.95. The predicted octanol–water partition coefficient (Wildman–Crippen LogP) is 0.670. The van der Waals surface area contributed by atoms with Crippen LogP contribution >= 0.6 is 0 Å². The van der Waals surface area contributed by atoms with E-state index in [4.69, 9.17) is 0 Å². The summed E-state index contributed by atoms with van der Waals surface area (Å²) in [6.45, 7) is 5.35. The standard InChI is InChI=1S/C15H23N5/c1-18-7-8-19(2)14(12-18)11-16-9-13-10-17-20-6-4-3-5-15(13)20/h3-6,10,14,16H,7-9,11-12H2,1-2H3. The summed E-state index contributed by atoms with van der Waals surface area (Å²) in [4.78, 5) is 4.85. The van der Waals surface area contributed by atoms with Crippen LogP contribution in [0.25, 0.3) is 5.52 Å². The smallest absolute Gasteiger partial charge is 0.0706 e. The molecule has 5 nitrogen and oxygen atoms in total. The molecule has 0 aromatic carbocycles. The first-order valence-electron chi connectivity index (χ1n) is 7.25. The average molecular weight is 273 g/mol. The molecule has 1 unspecified atom stereocenters. The highest BCUT2D eigenvalue weighted by Crippen LogP contribution is 2.10. The van der Waals surface area contributed by atoms with E-state index in [1.54, 1.807) is 0 Å². The third kappa shape index (κ3) is 2.85. The molecule has 3 rings (SSSR count). The van der Waals surface area contributed by atoms with E-state index < -0.39 is 0 Å². The van der Waals surface area contributed by atoms with E-state index in [-0.39, 0.29) is 0 Å². The Balaban J connectivity index is 1.57. The summed E-state index contributed by atoms with van der Waals surface area (Å²) in [5.41, 5.74) is 2.45. The van der Waals surface area contributed by atoms with Crippen LogP contribution in [0.3, 0.4) is 0 Å². The minimum absolute atomic E-state index is 0.593. The topological polar surface area (TPSA) is 35.8 Å². The zero-order valence-corrected chi connectivity index (χ0v) is 12.3. The van der Waals surface area contributed by atoms with Gasteiger partial charge < -0.3 is 10.2 Å². The highest BCUT2D eigenvalue weighted by Gasteiger charge is 2.21. The van der Waals surface area contributed by atoms with E-state index in [9.17, 15) is 0 Å². The summed E-state index contributed by atoms with van der Waals surface area (Å²) in [5.74, 6) is 0. The highest BCUT2D eigenvalue weighted by molar-refractivity contribution is 5.53. The van der Waals surface area contributed by atoms with Gasteiger partial charge in [-0.15, -0.1) is 0 Å². The molecule has 1 aliphatic heterocycles. The van der Waals surface area contributed by atoms with Crippen LogP contribution in [-0.4, -0.2) is 65.7 Å². The first kappa shape index (κ1) is 13.5. The Bertz CT molecular complexity index is 564. The zero-order chi connectivity index (χ0) is 13.9. The van der Waals surface area contributed by atoms with Gasteiger partial charge in [-0.05, 0) is 26.2 Å². The number of aromatic nitrogens is 2. The van der Waals surface area contributed by atoms with Crippen LogP contribution in [0.15, 0.2) is 30.6 Å². The second-order valence-electron chi connectivity index (χ2n) is 5.73. The molecule has 1 N–H and O–H groups in total. The number of likely N-dealkylation sites (N-methyl/N-ethyl adjacent to an activating group) is 2.